The minimum atomic E-state index is -3.97. The molecule has 1 atom stereocenters. The summed E-state index contributed by atoms with van der Waals surface area (Å²) in [5, 5.41) is 7.95. The van der Waals surface area contributed by atoms with Crippen LogP contribution in [0.2, 0.25) is 0 Å². The van der Waals surface area contributed by atoms with Crippen molar-refractivity contribution in [3.05, 3.63) is 84.4 Å². The van der Waals surface area contributed by atoms with Crippen LogP contribution in [0.3, 0.4) is 0 Å². The molecule has 3 aromatic carbocycles. The smallest absolute Gasteiger partial charge is 0.252 e. The number of carbonyl (C=O) groups excluding carboxylic acids is 2. The molecule has 2 amide bonds. The quantitative estimate of drug-likeness (QED) is 0.520. The molecule has 9 heteroatoms. The maximum absolute atomic E-state index is 13.3. The van der Waals surface area contributed by atoms with Gasteiger partial charge < -0.3 is 10.1 Å². The molecule has 0 radical (unpaired) electrons. The Hall–Kier alpha value is -3.69. The molecular formula is C24H23N3O5S. The normalized spacial score (nSPS) is 15.5. The van der Waals surface area contributed by atoms with Crippen LogP contribution in [0.1, 0.15) is 24.4 Å². The molecule has 170 valence electrons. The molecule has 1 unspecified atom stereocenters. The Morgan fingerprint density at radius 3 is 2.33 bits per heavy atom. The number of sulfonamides is 1. The molecular weight excluding hydrogens is 442 g/mol. The summed E-state index contributed by atoms with van der Waals surface area (Å²) in [5.41, 5.74) is 1.27. The second kappa shape index (κ2) is 9.43. The number of amides is 2. The van der Waals surface area contributed by atoms with E-state index in [0.29, 0.717) is 30.0 Å². The predicted molar refractivity (Wildman–Crippen MR) is 124 cm³/mol. The van der Waals surface area contributed by atoms with E-state index in [2.05, 4.69) is 5.32 Å². The van der Waals surface area contributed by atoms with Gasteiger partial charge in [-0.05, 0) is 42.3 Å². The highest BCUT2D eigenvalue weighted by Gasteiger charge is 2.38. The van der Waals surface area contributed by atoms with Gasteiger partial charge in [-0.1, -0.05) is 48.5 Å². The van der Waals surface area contributed by atoms with Crippen LogP contribution in [-0.2, 0) is 19.6 Å². The van der Waals surface area contributed by atoms with Gasteiger partial charge in [0.05, 0.1) is 22.9 Å². The number of hydrogen-bond donors (Lipinski definition) is 2. The van der Waals surface area contributed by atoms with E-state index in [9.17, 15) is 18.0 Å². The number of nitrogens with zero attached hydrogens (tertiary/aromatic N) is 1. The van der Waals surface area contributed by atoms with E-state index in [4.69, 9.17) is 9.88 Å². The second-order valence-corrected chi connectivity index (χ2v) is 9.12. The molecule has 3 N–H and O–H groups in total. The van der Waals surface area contributed by atoms with Gasteiger partial charge >= 0.3 is 0 Å². The first-order valence-corrected chi connectivity index (χ1v) is 11.9. The molecule has 1 heterocycles. The van der Waals surface area contributed by atoms with Gasteiger partial charge in [0.25, 0.3) is 5.91 Å². The highest BCUT2D eigenvalue weighted by Crippen LogP contribution is 2.40. The van der Waals surface area contributed by atoms with Gasteiger partial charge in [-0.15, -0.1) is 0 Å². The van der Waals surface area contributed by atoms with Gasteiger partial charge in [0.15, 0.2) is 0 Å². The van der Waals surface area contributed by atoms with Crippen molar-refractivity contribution in [1.82, 2.24) is 0 Å². The number of carbonyl (C=O) groups is 2. The number of anilines is 2. The van der Waals surface area contributed by atoms with Gasteiger partial charge in [0.1, 0.15) is 11.8 Å². The third kappa shape index (κ3) is 5.05. The standard InChI is InChI=1S/C24H23N3O5S/c25-33(30,31)19-13-14-21-20(16-19)26-24(29)23(17-8-3-1-4-9-17)27(21)22(28)12-7-15-32-18-10-5-2-6-11-18/h1-6,8-11,13-14,16,23H,7,12,15H2,(H,26,29)(H2,25,30,31). The Bertz CT molecular complexity index is 1260. The zero-order chi connectivity index (χ0) is 23.4. The van der Waals surface area contributed by atoms with Crippen LogP contribution < -0.4 is 20.1 Å². The molecule has 0 saturated carbocycles. The highest BCUT2D eigenvalue weighted by atomic mass is 32.2. The minimum Gasteiger partial charge on any atom is -0.494 e. The Morgan fingerprint density at radius 2 is 1.67 bits per heavy atom. The molecule has 0 aliphatic carbocycles. The van der Waals surface area contributed by atoms with Crippen molar-refractivity contribution in [1.29, 1.82) is 0 Å². The molecule has 0 saturated heterocycles. The summed E-state index contributed by atoms with van der Waals surface area (Å²) in [7, 11) is -3.97. The first-order chi connectivity index (χ1) is 15.8. The van der Waals surface area contributed by atoms with E-state index in [1.807, 2.05) is 36.4 Å². The maximum atomic E-state index is 13.3. The lowest BCUT2D eigenvalue weighted by atomic mass is 9.99. The lowest BCUT2D eigenvalue weighted by Crippen LogP contribution is -2.45. The summed E-state index contributed by atoms with van der Waals surface area (Å²) in [4.78, 5) is 27.6. The van der Waals surface area contributed by atoms with Crippen molar-refractivity contribution in [2.45, 2.75) is 23.8 Å². The minimum absolute atomic E-state index is 0.139. The van der Waals surface area contributed by atoms with Crippen molar-refractivity contribution < 1.29 is 22.7 Å². The van der Waals surface area contributed by atoms with Crippen LogP contribution in [0.4, 0.5) is 11.4 Å². The molecule has 1 aliphatic rings. The summed E-state index contributed by atoms with van der Waals surface area (Å²) >= 11 is 0. The van der Waals surface area contributed by atoms with Crippen LogP contribution in [0, 0.1) is 0 Å². The Balaban J connectivity index is 1.61. The third-order valence-electron chi connectivity index (χ3n) is 5.25. The van der Waals surface area contributed by atoms with Gasteiger partial charge in [-0.2, -0.15) is 0 Å². The summed E-state index contributed by atoms with van der Waals surface area (Å²) < 4.78 is 29.2. The third-order valence-corrected chi connectivity index (χ3v) is 6.16. The summed E-state index contributed by atoms with van der Waals surface area (Å²) in [6, 6.07) is 21.4. The van der Waals surface area contributed by atoms with Crippen molar-refractivity contribution in [2.24, 2.45) is 5.14 Å². The molecule has 8 nitrogen and oxygen atoms in total. The molecule has 3 aromatic rings. The molecule has 0 fully saturated rings. The number of benzene rings is 3. The molecule has 4 rings (SSSR count). The van der Waals surface area contributed by atoms with E-state index < -0.39 is 22.0 Å². The number of rotatable bonds is 7. The molecule has 0 aromatic heterocycles. The Labute approximate surface area is 192 Å². The van der Waals surface area contributed by atoms with Gasteiger partial charge in [0.2, 0.25) is 15.9 Å². The fraction of sp³-hybridized carbons (Fsp3) is 0.167. The maximum Gasteiger partial charge on any atom is 0.252 e. The lowest BCUT2D eigenvalue weighted by molar-refractivity contribution is -0.124. The molecule has 0 spiro atoms. The number of nitrogens with one attached hydrogen (secondary N) is 1. The first-order valence-electron chi connectivity index (χ1n) is 10.4. The summed E-state index contributed by atoms with van der Waals surface area (Å²) in [6.07, 6.45) is 0.581. The van der Waals surface area contributed by atoms with Crippen molar-refractivity contribution >= 4 is 33.2 Å². The van der Waals surface area contributed by atoms with E-state index in [1.165, 1.54) is 23.1 Å². The number of para-hydroxylation sites is 1. The molecule has 1 aliphatic heterocycles. The van der Waals surface area contributed by atoms with E-state index in [-0.39, 0.29) is 22.9 Å². The fourth-order valence-electron chi connectivity index (χ4n) is 3.72. The van der Waals surface area contributed by atoms with E-state index in [1.54, 1.807) is 24.3 Å². The van der Waals surface area contributed by atoms with E-state index >= 15 is 0 Å². The van der Waals surface area contributed by atoms with Crippen molar-refractivity contribution in [2.75, 3.05) is 16.8 Å². The average molecular weight is 466 g/mol. The second-order valence-electron chi connectivity index (χ2n) is 7.56. The fourth-order valence-corrected chi connectivity index (χ4v) is 4.26. The van der Waals surface area contributed by atoms with Gasteiger partial charge in [-0.3, -0.25) is 14.5 Å². The van der Waals surface area contributed by atoms with Crippen LogP contribution in [0.5, 0.6) is 5.75 Å². The van der Waals surface area contributed by atoms with Gasteiger partial charge in [0, 0.05) is 6.42 Å². The zero-order valence-corrected chi connectivity index (χ0v) is 18.5. The largest absolute Gasteiger partial charge is 0.494 e. The SMILES string of the molecule is NS(=O)(=O)c1ccc2c(c1)NC(=O)C(c1ccccc1)N2C(=O)CCCOc1ccccc1. The summed E-state index contributed by atoms with van der Waals surface area (Å²) in [6.45, 7) is 0.336. The topological polar surface area (TPSA) is 119 Å². The number of ether oxygens (including phenoxy) is 1. The van der Waals surface area contributed by atoms with Gasteiger partial charge in [-0.25, -0.2) is 13.6 Å². The number of hydrogen-bond acceptors (Lipinski definition) is 5. The molecule has 0 bridgehead atoms. The highest BCUT2D eigenvalue weighted by molar-refractivity contribution is 7.89. The number of fused-ring (bicyclic) bond motifs is 1. The Morgan fingerprint density at radius 1 is 1.00 bits per heavy atom. The first kappa shape index (κ1) is 22.5. The predicted octanol–water partition coefficient (Wildman–Crippen LogP) is 3.22. The Kier molecular flexibility index (Phi) is 6.43. The van der Waals surface area contributed by atoms with Crippen molar-refractivity contribution in [3.8, 4) is 5.75 Å². The van der Waals surface area contributed by atoms with Crippen molar-refractivity contribution in [3.63, 3.8) is 0 Å². The molecule has 33 heavy (non-hydrogen) atoms. The summed E-state index contributed by atoms with van der Waals surface area (Å²) in [5.74, 6) is -0.000504. The zero-order valence-electron chi connectivity index (χ0n) is 17.7. The lowest BCUT2D eigenvalue weighted by Gasteiger charge is -2.37. The van der Waals surface area contributed by atoms with Crippen LogP contribution in [-0.4, -0.2) is 26.8 Å². The number of nitrogens with two attached hydrogens (primary N) is 1. The average Bonchev–Trinajstić information content (AvgIpc) is 2.81. The number of primary sulfonamides is 1. The van der Waals surface area contributed by atoms with E-state index in [0.717, 1.165) is 0 Å². The van der Waals surface area contributed by atoms with Crippen LogP contribution >= 0.6 is 0 Å². The monoisotopic (exact) mass is 465 g/mol. The van der Waals surface area contributed by atoms with Crippen LogP contribution in [0.15, 0.2) is 83.8 Å². The van der Waals surface area contributed by atoms with Crippen LogP contribution in [0.25, 0.3) is 0 Å².